The standard InChI is InChI=1S/C27H20F2N2O2S/c1-16-6-7-19(28)13-22(16)26(32)30-20-8-9-21(23(29)14-20)27(33)31-15-25-18(10-11-34-25)12-17-4-2-3-5-24(17)31/h2-11,13-14H,12,15H2,1H3,(H,30,32). The molecule has 2 amide bonds. The molecule has 4 nitrogen and oxygen atoms in total. The smallest absolute Gasteiger partial charge is 0.261 e. The Bertz CT molecular complexity index is 1430. The molecule has 0 bridgehead atoms. The number of thiophene rings is 1. The van der Waals surface area contributed by atoms with Crippen LogP contribution in [0, 0.1) is 18.6 Å². The van der Waals surface area contributed by atoms with Crippen LogP contribution in [0.4, 0.5) is 20.2 Å². The van der Waals surface area contributed by atoms with Crippen molar-refractivity contribution in [2.75, 3.05) is 10.2 Å². The molecule has 0 saturated carbocycles. The molecule has 0 fully saturated rings. The van der Waals surface area contributed by atoms with Crippen molar-refractivity contribution in [2.45, 2.75) is 19.9 Å². The number of nitrogens with one attached hydrogen (secondary N) is 1. The van der Waals surface area contributed by atoms with Crippen molar-refractivity contribution in [1.29, 1.82) is 0 Å². The average Bonchev–Trinajstić information content (AvgIpc) is 3.19. The van der Waals surface area contributed by atoms with Crippen molar-refractivity contribution >= 4 is 34.5 Å². The van der Waals surface area contributed by atoms with E-state index in [0.29, 0.717) is 18.5 Å². The SMILES string of the molecule is Cc1ccc(F)cc1C(=O)Nc1ccc(C(=O)N2Cc3sccc3Cc3ccccc32)c(F)c1. The second kappa shape index (κ2) is 8.83. The summed E-state index contributed by atoms with van der Waals surface area (Å²) in [5, 5.41) is 4.58. The number of anilines is 2. The van der Waals surface area contributed by atoms with Gasteiger partial charge in [-0.25, -0.2) is 8.78 Å². The summed E-state index contributed by atoms with van der Waals surface area (Å²) >= 11 is 1.58. The van der Waals surface area contributed by atoms with E-state index in [1.807, 2.05) is 29.6 Å². The Morgan fingerprint density at radius 3 is 2.59 bits per heavy atom. The molecule has 34 heavy (non-hydrogen) atoms. The predicted molar refractivity (Wildman–Crippen MR) is 130 cm³/mol. The molecule has 7 heteroatoms. The average molecular weight is 475 g/mol. The van der Waals surface area contributed by atoms with Crippen molar-refractivity contribution in [1.82, 2.24) is 0 Å². The van der Waals surface area contributed by atoms with Crippen LogP contribution in [0.25, 0.3) is 0 Å². The van der Waals surface area contributed by atoms with Gasteiger partial charge in [0.05, 0.1) is 12.1 Å². The molecule has 0 atom stereocenters. The van der Waals surface area contributed by atoms with E-state index in [4.69, 9.17) is 0 Å². The number of carbonyl (C=O) groups excluding carboxylic acids is 2. The van der Waals surface area contributed by atoms with Gasteiger partial charge in [-0.1, -0.05) is 24.3 Å². The second-order valence-corrected chi connectivity index (χ2v) is 9.17. The third kappa shape index (κ3) is 4.10. The molecular weight excluding hydrogens is 454 g/mol. The highest BCUT2D eigenvalue weighted by Gasteiger charge is 2.27. The Morgan fingerprint density at radius 1 is 0.941 bits per heavy atom. The Labute approximate surface area is 199 Å². The normalized spacial score (nSPS) is 12.5. The number of rotatable bonds is 3. The fraction of sp³-hybridized carbons (Fsp3) is 0.111. The van der Waals surface area contributed by atoms with Crippen LogP contribution in [0.5, 0.6) is 0 Å². The predicted octanol–water partition coefficient (Wildman–Crippen LogP) is 6.34. The molecule has 0 spiro atoms. The highest BCUT2D eigenvalue weighted by molar-refractivity contribution is 7.10. The van der Waals surface area contributed by atoms with Crippen molar-refractivity contribution < 1.29 is 18.4 Å². The minimum atomic E-state index is -0.744. The number of aryl methyl sites for hydroxylation is 1. The number of hydrogen-bond donors (Lipinski definition) is 1. The number of hydrogen-bond acceptors (Lipinski definition) is 3. The van der Waals surface area contributed by atoms with E-state index in [-0.39, 0.29) is 16.8 Å². The van der Waals surface area contributed by atoms with Gasteiger partial charge < -0.3 is 10.2 Å². The van der Waals surface area contributed by atoms with Gasteiger partial charge in [0.2, 0.25) is 0 Å². The molecule has 0 saturated heterocycles. The zero-order chi connectivity index (χ0) is 23.8. The van der Waals surface area contributed by atoms with Gasteiger partial charge in [-0.15, -0.1) is 11.3 Å². The van der Waals surface area contributed by atoms with Gasteiger partial charge in [-0.2, -0.15) is 0 Å². The first-order valence-corrected chi connectivity index (χ1v) is 11.6. The van der Waals surface area contributed by atoms with Crippen LogP contribution in [-0.4, -0.2) is 11.8 Å². The van der Waals surface area contributed by atoms with Crippen LogP contribution >= 0.6 is 11.3 Å². The number of halogens is 2. The van der Waals surface area contributed by atoms with Crippen molar-refractivity contribution in [3.8, 4) is 0 Å². The first-order chi connectivity index (χ1) is 16.4. The summed E-state index contributed by atoms with van der Waals surface area (Å²) in [5.74, 6) is -2.28. The van der Waals surface area contributed by atoms with Crippen LogP contribution < -0.4 is 10.2 Å². The van der Waals surface area contributed by atoms with E-state index in [2.05, 4.69) is 11.4 Å². The zero-order valence-corrected chi connectivity index (χ0v) is 19.1. The van der Waals surface area contributed by atoms with E-state index in [1.165, 1.54) is 29.8 Å². The Kier molecular flexibility index (Phi) is 5.71. The maximum Gasteiger partial charge on any atom is 0.261 e. The minimum Gasteiger partial charge on any atom is -0.322 e. The second-order valence-electron chi connectivity index (χ2n) is 8.17. The highest BCUT2D eigenvalue weighted by Crippen LogP contribution is 2.34. The molecule has 0 unspecified atom stereocenters. The summed E-state index contributed by atoms with van der Waals surface area (Å²) in [5.41, 5.74) is 3.78. The molecule has 1 aliphatic heterocycles. The molecular formula is C27H20F2N2O2S. The summed E-state index contributed by atoms with van der Waals surface area (Å²) in [6.45, 7) is 2.05. The maximum atomic E-state index is 15.1. The lowest BCUT2D eigenvalue weighted by Gasteiger charge is -2.23. The maximum absolute atomic E-state index is 15.1. The first kappa shape index (κ1) is 22.0. The Balaban J connectivity index is 1.43. The fourth-order valence-electron chi connectivity index (χ4n) is 4.15. The number of amides is 2. The Hall–Kier alpha value is -3.84. The van der Waals surface area contributed by atoms with Gasteiger partial charge in [-0.05, 0) is 71.5 Å². The first-order valence-electron chi connectivity index (χ1n) is 10.7. The molecule has 5 rings (SSSR count). The number of nitrogens with zero attached hydrogens (tertiary/aromatic N) is 1. The van der Waals surface area contributed by atoms with Gasteiger partial charge >= 0.3 is 0 Å². The van der Waals surface area contributed by atoms with Gasteiger partial charge in [0.1, 0.15) is 11.6 Å². The van der Waals surface area contributed by atoms with Gasteiger partial charge in [0.25, 0.3) is 11.8 Å². The molecule has 0 aliphatic carbocycles. The largest absolute Gasteiger partial charge is 0.322 e. The van der Waals surface area contributed by atoms with E-state index in [9.17, 15) is 14.0 Å². The van der Waals surface area contributed by atoms with Gasteiger partial charge in [-0.3, -0.25) is 9.59 Å². The number of para-hydroxylation sites is 1. The minimum absolute atomic E-state index is 0.0882. The summed E-state index contributed by atoms with van der Waals surface area (Å²) < 4.78 is 28.7. The van der Waals surface area contributed by atoms with Crippen LogP contribution in [0.15, 0.2) is 72.1 Å². The van der Waals surface area contributed by atoms with Crippen LogP contribution in [0.1, 0.15) is 42.3 Å². The topological polar surface area (TPSA) is 49.4 Å². The molecule has 1 aliphatic rings. The fourth-order valence-corrected chi connectivity index (χ4v) is 5.04. The van der Waals surface area contributed by atoms with Crippen molar-refractivity contribution in [3.05, 3.63) is 116 Å². The number of carbonyl (C=O) groups is 2. The molecule has 1 N–H and O–H groups in total. The van der Waals surface area contributed by atoms with Crippen LogP contribution in [0.2, 0.25) is 0 Å². The van der Waals surface area contributed by atoms with E-state index < -0.39 is 23.4 Å². The molecule has 3 aromatic carbocycles. The van der Waals surface area contributed by atoms with Crippen molar-refractivity contribution in [2.24, 2.45) is 0 Å². The van der Waals surface area contributed by atoms with Crippen molar-refractivity contribution in [3.63, 3.8) is 0 Å². The molecule has 2 heterocycles. The van der Waals surface area contributed by atoms with Gasteiger partial charge in [0.15, 0.2) is 0 Å². The number of fused-ring (bicyclic) bond motifs is 2. The van der Waals surface area contributed by atoms with E-state index >= 15 is 4.39 Å². The molecule has 4 aromatic rings. The van der Waals surface area contributed by atoms with E-state index in [0.717, 1.165) is 28.3 Å². The summed E-state index contributed by atoms with van der Waals surface area (Å²) in [6, 6.07) is 17.6. The van der Waals surface area contributed by atoms with Crippen LogP contribution in [-0.2, 0) is 13.0 Å². The quantitative estimate of drug-likeness (QED) is 0.377. The zero-order valence-electron chi connectivity index (χ0n) is 18.3. The highest BCUT2D eigenvalue weighted by atomic mass is 32.1. The third-order valence-electron chi connectivity index (χ3n) is 5.95. The summed E-state index contributed by atoms with van der Waals surface area (Å²) in [7, 11) is 0. The van der Waals surface area contributed by atoms with Gasteiger partial charge in [0, 0.05) is 28.2 Å². The Morgan fingerprint density at radius 2 is 1.76 bits per heavy atom. The molecule has 1 aromatic heterocycles. The number of benzene rings is 3. The summed E-state index contributed by atoms with van der Waals surface area (Å²) in [4.78, 5) is 28.7. The summed E-state index contributed by atoms with van der Waals surface area (Å²) in [6.07, 6.45) is 0.714. The lowest BCUT2D eigenvalue weighted by molar-refractivity contribution is 0.0980. The monoisotopic (exact) mass is 474 g/mol. The lowest BCUT2D eigenvalue weighted by Crippen LogP contribution is -2.31. The lowest BCUT2D eigenvalue weighted by atomic mass is 10.1. The molecule has 0 radical (unpaired) electrons. The van der Waals surface area contributed by atoms with E-state index in [1.54, 1.807) is 23.2 Å². The van der Waals surface area contributed by atoms with Crippen LogP contribution in [0.3, 0.4) is 0 Å². The third-order valence-corrected chi connectivity index (χ3v) is 6.90. The molecule has 170 valence electrons.